The third-order valence-electron chi connectivity index (χ3n) is 5.10. The van der Waals surface area contributed by atoms with E-state index in [2.05, 4.69) is 29.9 Å². The van der Waals surface area contributed by atoms with Crippen LogP contribution in [0.5, 0.6) is 5.75 Å². The maximum absolute atomic E-state index is 12.9. The van der Waals surface area contributed by atoms with Gasteiger partial charge >= 0.3 is 5.57 Å². The highest BCUT2D eigenvalue weighted by molar-refractivity contribution is 6.20. The van der Waals surface area contributed by atoms with Crippen molar-refractivity contribution in [3.05, 3.63) is 60.8 Å². The maximum atomic E-state index is 12.9. The van der Waals surface area contributed by atoms with Crippen LogP contribution in [-0.4, -0.2) is 45.6 Å². The van der Waals surface area contributed by atoms with E-state index in [1.807, 2.05) is 0 Å². The van der Waals surface area contributed by atoms with Crippen molar-refractivity contribution >= 4 is 29.0 Å². The lowest BCUT2D eigenvalue weighted by Gasteiger charge is -2.33. The molecular formula is C22H21ClF2N6O2. The fourth-order valence-corrected chi connectivity index (χ4v) is 3.72. The SMILES string of the molecule is NC1CCCN(c2ncc(C(=O)Nc3ccc(OC(F)(F)Cl)cc3)cc2-c2cncnc2)C1. The molecule has 1 aliphatic heterocycles. The third kappa shape index (κ3) is 5.91. The molecule has 11 heteroatoms. The van der Waals surface area contributed by atoms with E-state index < -0.39 is 11.5 Å². The molecule has 0 saturated carbocycles. The molecule has 0 spiro atoms. The first-order chi connectivity index (χ1) is 15.8. The highest BCUT2D eigenvalue weighted by Gasteiger charge is 2.27. The van der Waals surface area contributed by atoms with E-state index in [0.29, 0.717) is 29.2 Å². The maximum Gasteiger partial charge on any atom is 0.487 e. The molecule has 4 rings (SSSR count). The van der Waals surface area contributed by atoms with Crippen LogP contribution >= 0.6 is 11.6 Å². The number of carbonyl (C=O) groups excluding carboxylic acids is 1. The van der Waals surface area contributed by atoms with Crippen LogP contribution in [0.3, 0.4) is 0 Å². The Morgan fingerprint density at radius 2 is 1.94 bits per heavy atom. The number of nitrogens with zero attached hydrogens (tertiary/aromatic N) is 4. The van der Waals surface area contributed by atoms with Crippen molar-refractivity contribution in [3.63, 3.8) is 0 Å². The van der Waals surface area contributed by atoms with Crippen LogP contribution in [0.2, 0.25) is 0 Å². The molecule has 1 unspecified atom stereocenters. The molecule has 1 aromatic carbocycles. The summed E-state index contributed by atoms with van der Waals surface area (Å²) in [5.41, 5.74) is 4.47. The summed E-state index contributed by atoms with van der Waals surface area (Å²) in [6.45, 7) is 1.47. The third-order valence-corrected chi connectivity index (χ3v) is 5.18. The molecule has 2 aromatic heterocycles. The summed E-state index contributed by atoms with van der Waals surface area (Å²) in [5, 5.41) is 2.71. The molecule has 0 bridgehead atoms. The summed E-state index contributed by atoms with van der Waals surface area (Å²) in [7, 11) is 0. The summed E-state index contributed by atoms with van der Waals surface area (Å²) in [5.74, 6) is 0.156. The van der Waals surface area contributed by atoms with Gasteiger partial charge in [-0.15, -0.1) is 8.78 Å². The minimum atomic E-state index is -3.81. The predicted octanol–water partition coefficient (Wildman–Crippen LogP) is 3.89. The van der Waals surface area contributed by atoms with Crippen molar-refractivity contribution < 1.29 is 18.3 Å². The number of alkyl halides is 3. The number of piperidine rings is 1. The van der Waals surface area contributed by atoms with Crippen molar-refractivity contribution in [3.8, 4) is 16.9 Å². The number of amides is 1. The Hall–Kier alpha value is -3.37. The van der Waals surface area contributed by atoms with E-state index in [1.54, 1.807) is 18.5 Å². The van der Waals surface area contributed by atoms with Crippen LogP contribution in [0, 0.1) is 0 Å². The first kappa shape index (κ1) is 22.8. The fraction of sp³-hybridized carbons (Fsp3) is 0.273. The second-order valence-electron chi connectivity index (χ2n) is 7.60. The second-order valence-corrected chi connectivity index (χ2v) is 8.04. The Bertz CT molecular complexity index is 1110. The molecule has 8 nitrogen and oxygen atoms in total. The summed E-state index contributed by atoms with van der Waals surface area (Å²) in [4.78, 5) is 27.7. The molecule has 1 amide bonds. The highest BCUT2D eigenvalue weighted by Crippen LogP contribution is 2.31. The molecule has 3 aromatic rings. The molecule has 3 heterocycles. The van der Waals surface area contributed by atoms with Gasteiger partial charge in [0, 0.05) is 66.1 Å². The topological polar surface area (TPSA) is 106 Å². The number of ether oxygens (including phenoxy) is 1. The number of hydrogen-bond donors (Lipinski definition) is 2. The molecule has 3 N–H and O–H groups in total. The van der Waals surface area contributed by atoms with Gasteiger partial charge in [0.2, 0.25) is 0 Å². The highest BCUT2D eigenvalue weighted by atomic mass is 35.5. The van der Waals surface area contributed by atoms with Gasteiger partial charge < -0.3 is 20.7 Å². The summed E-state index contributed by atoms with van der Waals surface area (Å²) < 4.78 is 29.8. The van der Waals surface area contributed by atoms with Crippen LogP contribution in [0.25, 0.3) is 11.1 Å². The van der Waals surface area contributed by atoms with Gasteiger partial charge in [-0.05, 0) is 43.2 Å². The number of aromatic nitrogens is 3. The summed E-state index contributed by atoms with van der Waals surface area (Å²) in [6, 6.07) is 7.19. The Balaban J connectivity index is 1.58. The number of nitrogens with one attached hydrogen (secondary N) is 1. The monoisotopic (exact) mass is 474 g/mol. The normalized spacial score (nSPS) is 16.4. The summed E-state index contributed by atoms with van der Waals surface area (Å²) >= 11 is 4.76. The van der Waals surface area contributed by atoms with E-state index in [9.17, 15) is 13.6 Å². The van der Waals surface area contributed by atoms with Gasteiger partial charge in [0.05, 0.1) is 5.56 Å². The molecule has 1 aliphatic rings. The Labute approximate surface area is 193 Å². The smallest absolute Gasteiger partial charge is 0.420 e. The van der Waals surface area contributed by atoms with Crippen molar-refractivity contribution in [1.82, 2.24) is 15.0 Å². The fourth-order valence-electron chi connectivity index (χ4n) is 3.63. The summed E-state index contributed by atoms with van der Waals surface area (Å²) in [6.07, 6.45) is 8.13. The van der Waals surface area contributed by atoms with Crippen LogP contribution < -0.4 is 20.7 Å². The van der Waals surface area contributed by atoms with E-state index in [1.165, 1.54) is 36.8 Å². The number of hydrogen-bond acceptors (Lipinski definition) is 7. The molecule has 1 atom stereocenters. The lowest BCUT2D eigenvalue weighted by atomic mass is 10.0. The second kappa shape index (κ2) is 9.63. The van der Waals surface area contributed by atoms with Crippen LogP contribution in [0.1, 0.15) is 23.2 Å². The number of anilines is 2. The number of rotatable bonds is 6. The van der Waals surface area contributed by atoms with Gasteiger partial charge in [-0.3, -0.25) is 4.79 Å². The largest absolute Gasteiger partial charge is 0.487 e. The Kier molecular flexibility index (Phi) is 6.66. The molecule has 33 heavy (non-hydrogen) atoms. The minimum Gasteiger partial charge on any atom is -0.420 e. The van der Waals surface area contributed by atoms with Crippen molar-refractivity contribution in [2.75, 3.05) is 23.3 Å². The molecule has 1 saturated heterocycles. The van der Waals surface area contributed by atoms with Gasteiger partial charge in [0.1, 0.15) is 17.9 Å². The minimum absolute atomic E-state index is 0.0501. The van der Waals surface area contributed by atoms with E-state index in [0.717, 1.165) is 24.9 Å². The van der Waals surface area contributed by atoms with Gasteiger partial charge in [0.15, 0.2) is 0 Å². The molecule has 1 fully saturated rings. The average Bonchev–Trinajstić information content (AvgIpc) is 2.79. The van der Waals surface area contributed by atoms with Crippen LogP contribution in [0.4, 0.5) is 20.3 Å². The van der Waals surface area contributed by atoms with E-state index in [-0.39, 0.29) is 11.8 Å². The first-order valence-corrected chi connectivity index (χ1v) is 10.6. The number of nitrogens with two attached hydrogens (primary N) is 1. The predicted molar refractivity (Wildman–Crippen MR) is 121 cm³/mol. The van der Waals surface area contributed by atoms with Gasteiger partial charge in [-0.25, -0.2) is 15.0 Å². The van der Waals surface area contributed by atoms with Gasteiger partial charge in [-0.2, -0.15) is 0 Å². The number of halogens is 3. The Morgan fingerprint density at radius 3 is 2.61 bits per heavy atom. The van der Waals surface area contributed by atoms with E-state index in [4.69, 9.17) is 17.3 Å². The lowest BCUT2D eigenvalue weighted by Crippen LogP contribution is -2.43. The zero-order valence-electron chi connectivity index (χ0n) is 17.4. The number of carbonyl (C=O) groups is 1. The first-order valence-electron chi connectivity index (χ1n) is 10.2. The number of pyridine rings is 1. The average molecular weight is 475 g/mol. The van der Waals surface area contributed by atoms with Crippen molar-refractivity contribution in [1.29, 1.82) is 0 Å². The molecular weight excluding hydrogens is 454 g/mol. The number of benzene rings is 1. The van der Waals surface area contributed by atoms with Crippen LogP contribution in [-0.2, 0) is 0 Å². The zero-order valence-corrected chi connectivity index (χ0v) is 18.2. The molecule has 172 valence electrons. The van der Waals surface area contributed by atoms with Crippen molar-refractivity contribution in [2.45, 2.75) is 24.5 Å². The lowest BCUT2D eigenvalue weighted by molar-refractivity contribution is -0.0964. The Morgan fingerprint density at radius 1 is 1.21 bits per heavy atom. The molecule has 0 aliphatic carbocycles. The van der Waals surface area contributed by atoms with Crippen LogP contribution in [0.15, 0.2) is 55.2 Å². The van der Waals surface area contributed by atoms with Crippen molar-refractivity contribution in [2.24, 2.45) is 5.73 Å². The molecule has 0 radical (unpaired) electrons. The van der Waals surface area contributed by atoms with Gasteiger partial charge in [-0.1, -0.05) is 0 Å². The van der Waals surface area contributed by atoms with Gasteiger partial charge in [0.25, 0.3) is 5.91 Å². The quantitative estimate of drug-likeness (QED) is 0.522. The standard InChI is InChI=1S/C22H21ClF2N6O2/c23-22(24,25)33-18-5-3-17(4-6-18)30-21(32)14-8-19(15-9-27-13-28-10-15)20(29-11-14)31-7-1-2-16(26)12-31/h3-6,8-11,13,16H,1-2,7,12,26H2,(H,30,32). The van der Waals surface area contributed by atoms with E-state index >= 15 is 0 Å². The zero-order chi connectivity index (χ0) is 23.4.